The van der Waals surface area contributed by atoms with Gasteiger partial charge in [0.25, 0.3) is 0 Å². The highest BCUT2D eigenvalue weighted by Gasteiger charge is 2.22. The first-order valence-corrected chi connectivity index (χ1v) is 13.1. The first kappa shape index (κ1) is 22.2. The van der Waals surface area contributed by atoms with Gasteiger partial charge in [-0.25, -0.2) is 19.3 Å². The van der Waals surface area contributed by atoms with Crippen molar-refractivity contribution in [1.82, 2.24) is 40.0 Å². The van der Waals surface area contributed by atoms with Crippen LogP contribution in [0.25, 0.3) is 55.3 Å². The first-order chi connectivity index (χ1) is 18.1. The number of halogens is 1. The summed E-state index contributed by atoms with van der Waals surface area (Å²) in [5.74, 6) is 0.0564. The van der Waals surface area contributed by atoms with Gasteiger partial charge in [0.15, 0.2) is 17.1 Å². The fourth-order valence-electron chi connectivity index (χ4n) is 5.06. The Morgan fingerprint density at radius 3 is 2.76 bits per heavy atom. The van der Waals surface area contributed by atoms with E-state index in [0.29, 0.717) is 33.9 Å². The van der Waals surface area contributed by atoms with Gasteiger partial charge >= 0.3 is 0 Å². The van der Waals surface area contributed by atoms with Crippen molar-refractivity contribution in [3.8, 4) is 33.1 Å². The zero-order valence-corrected chi connectivity index (χ0v) is 20.9. The summed E-state index contributed by atoms with van der Waals surface area (Å²) in [6, 6.07) is 8.13. The number of fused-ring (bicyclic) bond motifs is 2. The standard InChI is InChI=1S/C27H23FN8S/c1-15-4-5-20(37-15)18-6-7-30-26-23(18)32-27(33-26)24-21-22(28)19(13-31-25(21)35-34-24)17-10-16(11-29-12-17)14-36-8-2-3-9-36/h4-7,10-13H,2-3,8-9,14H2,1H3,(H,30,32,33)(H,31,34,35). The lowest BCUT2D eigenvalue weighted by Gasteiger charge is -2.15. The van der Waals surface area contributed by atoms with E-state index in [-0.39, 0.29) is 5.39 Å². The summed E-state index contributed by atoms with van der Waals surface area (Å²) >= 11 is 1.70. The monoisotopic (exact) mass is 510 g/mol. The molecule has 7 rings (SSSR count). The molecule has 0 atom stereocenters. The Kier molecular flexibility index (Phi) is 5.29. The van der Waals surface area contributed by atoms with Gasteiger partial charge in [0.2, 0.25) is 0 Å². The molecule has 0 amide bonds. The molecule has 8 nitrogen and oxygen atoms in total. The van der Waals surface area contributed by atoms with E-state index >= 15 is 4.39 Å². The molecular weight excluding hydrogens is 487 g/mol. The van der Waals surface area contributed by atoms with Crippen LogP contribution in [-0.4, -0.2) is 53.1 Å². The van der Waals surface area contributed by atoms with Gasteiger partial charge in [-0.05, 0) is 62.7 Å². The summed E-state index contributed by atoms with van der Waals surface area (Å²) in [6.45, 7) is 5.06. The third-order valence-electron chi connectivity index (χ3n) is 6.86. The second-order valence-electron chi connectivity index (χ2n) is 9.40. The molecule has 2 N–H and O–H groups in total. The van der Waals surface area contributed by atoms with Crippen LogP contribution in [0.3, 0.4) is 0 Å². The number of pyridine rings is 3. The second-order valence-corrected chi connectivity index (χ2v) is 10.7. The molecule has 0 aliphatic carbocycles. The fraction of sp³-hybridized carbons (Fsp3) is 0.222. The van der Waals surface area contributed by atoms with Gasteiger partial charge in [-0.2, -0.15) is 5.10 Å². The SMILES string of the molecule is Cc1ccc(-c2ccnc3nc(-c4[nH]nc5ncc(-c6cncc(CN7CCCC7)c6)c(F)c45)[nH]c23)s1. The highest BCUT2D eigenvalue weighted by atomic mass is 32.1. The average molecular weight is 511 g/mol. The van der Waals surface area contributed by atoms with E-state index in [2.05, 4.69) is 59.1 Å². The van der Waals surface area contributed by atoms with Crippen LogP contribution in [0.15, 0.2) is 49.1 Å². The van der Waals surface area contributed by atoms with Crippen LogP contribution in [0.5, 0.6) is 0 Å². The lowest BCUT2D eigenvalue weighted by Crippen LogP contribution is -2.18. The van der Waals surface area contributed by atoms with E-state index in [1.165, 1.54) is 23.9 Å². The van der Waals surface area contributed by atoms with Crippen molar-refractivity contribution in [2.24, 2.45) is 0 Å². The number of thiophene rings is 1. The molecule has 6 aromatic heterocycles. The van der Waals surface area contributed by atoms with Crippen LogP contribution in [-0.2, 0) is 6.54 Å². The molecule has 0 spiro atoms. The van der Waals surface area contributed by atoms with Crippen molar-refractivity contribution in [3.63, 3.8) is 0 Å². The molecule has 0 saturated carbocycles. The van der Waals surface area contributed by atoms with Gasteiger partial charge in [0.05, 0.1) is 10.9 Å². The van der Waals surface area contributed by atoms with Crippen molar-refractivity contribution in [2.75, 3.05) is 13.1 Å². The number of aromatic nitrogens is 7. The lowest BCUT2D eigenvalue weighted by molar-refractivity contribution is 0.331. The van der Waals surface area contributed by atoms with Crippen molar-refractivity contribution in [1.29, 1.82) is 0 Å². The highest BCUT2D eigenvalue weighted by molar-refractivity contribution is 7.15. The van der Waals surface area contributed by atoms with Crippen molar-refractivity contribution in [3.05, 3.63) is 65.3 Å². The third kappa shape index (κ3) is 3.89. The number of likely N-dealkylation sites (tertiary alicyclic amines) is 1. The predicted molar refractivity (Wildman–Crippen MR) is 143 cm³/mol. The molecular formula is C27H23FN8S. The summed E-state index contributed by atoms with van der Waals surface area (Å²) in [6.07, 6.45) is 9.23. The zero-order valence-electron chi connectivity index (χ0n) is 20.1. The molecule has 6 aromatic rings. The first-order valence-electron chi connectivity index (χ1n) is 12.2. The topological polar surface area (TPSA) is 99.3 Å². The predicted octanol–water partition coefficient (Wildman–Crippen LogP) is 5.73. The maximum atomic E-state index is 16.1. The molecule has 1 aliphatic rings. The molecule has 0 radical (unpaired) electrons. The van der Waals surface area contributed by atoms with Gasteiger partial charge in [-0.3, -0.25) is 15.0 Å². The summed E-state index contributed by atoms with van der Waals surface area (Å²) in [5.41, 5.74) is 5.23. The van der Waals surface area contributed by atoms with E-state index in [9.17, 15) is 0 Å². The van der Waals surface area contributed by atoms with Gasteiger partial charge in [0.1, 0.15) is 11.5 Å². The minimum atomic E-state index is -0.406. The largest absolute Gasteiger partial charge is 0.335 e. The van der Waals surface area contributed by atoms with Crippen LogP contribution in [0, 0.1) is 12.7 Å². The van der Waals surface area contributed by atoms with E-state index in [1.807, 2.05) is 18.3 Å². The van der Waals surface area contributed by atoms with Crippen LogP contribution < -0.4 is 0 Å². The summed E-state index contributed by atoms with van der Waals surface area (Å²) in [7, 11) is 0. The molecule has 10 heteroatoms. The fourth-order valence-corrected chi connectivity index (χ4v) is 5.96. The van der Waals surface area contributed by atoms with Crippen LogP contribution >= 0.6 is 11.3 Å². The number of imidazole rings is 1. The van der Waals surface area contributed by atoms with Crippen molar-refractivity contribution >= 4 is 33.5 Å². The maximum absolute atomic E-state index is 16.1. The Morgan fingerprint density at radius 1 is 1.03 bits per heavy atom. The molecule has 1 fully saturated rings. The lowest BCUT2D eigenvalue weighted by atomic mass is 10.0. The van der Waals surface area contributed by atoms with Gasteiger partial charge in [-0.15, -0.1) is 11.3 Å². The number of hydrogen-bond acceptors (Lipinski definition) is 7. The number of aromatic amines is 2. The molecule has 37 heavy (non-hydrogen) atoms. The minimum Gasteiger partial charge on any atom is -0.335 e. The molecule has 0 aromatic carbocycles. The average Bonchev–Trinajstić information content (AvgIpc) is 3.70. The van der Waals surface area contributed by atoms with E-state index < -0.39 is 5.82 Å². The molecule has 0 bridgehead atoms. The number of nitrogens with zero attached hydrogens (tertiary/aromatic N) is 6. The number of nitrogens with one attached hydrogen (secondary N) is 2. The summed E-state index contributed by atoms with van der Waals surface area (Å²) in [4.78, 5) is 26.0. The van der Waals surface area contributed by atoms with Gasteiger partial charge < -0.3 is 4.98 Å². The van der Waals surface area contributed by atoms with Gasteiger partial charge in [-0.1, -0.05) is 0 Å². The number of H-pyrrole nitrogens is 2. The molecule has 1 saturated heterocycles. The number of hydrogen-bond donors (Lipinski definition) is 2. The van der Waals surface area contributed by atoms with Crippen molar-refractivity contribution in [2.45, 2.75) is 26.3 Å². The number of aryl methyl sites for hydroxylation is 1. The highest BCUT2D eigenvalue weighted by Crippen LogP contribution is 2.35. The molecule has 1 aliphatic heterocycles. The van der Waals surface area contributed by atoms with Crippen LogP contribution in [0.4, 0.5) is 4.39 Å². The van der Waals surface area contributed by atoms with Crippen molar-refractivity contribution < 1.29 is 4.39 Å². The van der Waals surface area contributed by atoms with E-state index in [1.54, 1.807) is 23.7 Å². The Bertz CT molecular complexity index is 1760. The van der Waals surface area contributed by atoms with E-state index in [0.717, 1.165) is 41.2 Å². The van der Waals surface area contributed by atoms with E-state index in [4.69, 9.17) is 0 Å². The Balaban J connectivity index is 1.31. The Labute approximate surface area is 215 Å². The smallest absolute Gasteiger partial charge is 0.184 e. The maximum Gasteiger partial charge on any atom is 0.184 e. The summed E-state index contributed by atoms with van der Waals surface area (Å²) < 4.78 is 16.1. The molecule has 184 valence electrons. The molecule has 0 unspecified atom stereocenters. The number of rotatable bonds is 5. The normalized spacial score (nSPS) is 14.3. The van der Waals surface area contributed by atoms with Gasteiger partial charge in [0, 0.05) is 57.8 Å². The zero-order chi connectivity index (χ0) is 24.9. The Morgan fingerprint density at radius 2 is 1.92 bits per heavy atom. The Hall–Kier alpha value is -4.02. The van der Waals surface area contributed by atoms with Crippen LogP contribution in [0.1, 0.15) is 23.3 Å². The minimum absolute atomic E-state index is 0.287. The van der Waals surface area contributed by atoms with Crippen LogP contribution in [0.2, 0.25) is 0 Å². The third-order valence-corrected chi connectivity index (χ3v) is 7.90. The molecule has 7 heterocycles. The second kappa shape index (κ2) is 8.82. The summed E-state index contributed by atoms with van der Waals surface area (Å²) in [5, 5.41) is 7.48. The quantitative estimate of drug-likeness (QED) is 0.307.